The highest BCUT2D eigenvalue weighted by molar-refractivity contribution is 7.98. The minimum Gasteiger partial charge on any atom is -0.357 e. The fourth-order valence-electron chi connectivity index (χ4n) is 2.98. The standard InChI is InChI=1S/C18H18N6O2S/c1-11-20-15(22-26-11)12-5-4-6-13(9-12)24-8-7-23(2)16-14(17(24)25)10-19-18(21-16)27-3/h4-6,9-10H,7-8H2,1-3H3. The van der Waals surface area contributed by atoms with Crippen molar-refractivity contribution in [1.82, 2.24) is 20.1 Å². The van der Waals surface area contributed by atoms with E-state index in [1.54, 1.807) is 18.0 Å². The van der Waals surface area contributed by atoms with E-state index in [0.29, 0.717) is 41.3 Å². The first-order valence-corrected chi connectivity index (χ1v) is 9.64. The van der Waals surface area contributed by atoms with Crippen molar-refractivity contribution in [2.24, 2.45) is 0 Å². The molecule has 1 aliphatic heterocycles. The molecule has 1 amide bonds. The fourth-order valence-corrected chi connectivity index (χ4v) is 3.31. The molecule has 0 aliphatic carbocycles. The number of rotatable bonds is 3. The van der Waals surface area contributed by atoms with Gasteiger partial charge in [0.05, 0.1) is 0 Å². The molecular formula is C18H18N6O2S. The third kappa shape index (κ3) is 3.25. The van der Waals surface area contributed by atoms with E-state index in [1.807, 2.05) is 42.5 Å². The molecule has 0 fully saturated rings. The Morgan fingerprint density at radius 2 is 2.07 bits per heavy atom. The van der Waals surface area contributed by atoms with Crippen LogP contribution in [0.25, 0.3) is 11.4 Å². The molecule has 0 unspecified atom stereocenters. The molecule has 3 aromatic rings. The summed E-state index contributed by atoms with van der Waals surface area (Å²) in [7, 11) is 1.94. The minimum absolute atomic E-state index is 0.122. The number of amides is 1. The van der Waals surface area contributed by atoms with Gasteiger partial charge in [-0.15, -0.1) is 0 Å². The Morgan fingerprint density at radius 3 is 2.81 bits per heavy atom. The van der Waals surface area contributed by atoms with Crippen molar-refractivity contribution in [3.8, 4) is 11.4 Å². The molecule has 0 atom stereocenters. The predicted molar refractivity (Wildman–Crippen MR) is 103 cm³/mol. The highest BCUT2D eigenvalue weighted by atomic mass is 32.2. The Kier molecular flexibility index (Phi) is 4.53. The van der Waals surface area contributed by atoms with Gasteiger partial charge in [0, 0.05) is 44.5 Å². The van der Waals surface area contributed by atoms with E-state index in [1.165, 1.54) is 11.8 Å². The van der Waals surface area contributed by atoms with Crippen molar-refractivity contribution in [3.05, 3.63) is 41.9 Å². The van der Waals surface area contributed by atoms with Gasteiger partial charge in [0.15, 0.2) is 5.16 Å². The first-order chi connectivity index (χ1) is 13.1. The van der Waals surface area contributed by atoms with E-state index in [2.05, 4.69) is 20.1 Å². The molecule has 3 heterocycles. The molecule has 0 saturated heterocycles. The van der Waals surface area contributed by atoms with Crippen LogP contribution in [0.3, 0.4) is 0 Å². The van der Waals surface area contributed by atoms with E-state index in [0.717, 1.165) is 11.3 Å². The zero-order chi connectivity index (χ0) is 19.0. The van der Waals surface area contributed by atoms with Crippen molar-refractivity contribution < 1.29 is 9.32 Å². The monoisotopic (exact) mass is 382 g/mol. The number of thioether (sulfide) groups is 1. The maximum atomic E-state index is 13.2. The average Bonchev–Trinajstić information content (AvgIpc) is 3.09. The highest BCUT2D eigenvalue weighted by Gasteiger charge is 2.28. The number of hydrogen-bond acceptors (Lipinski definition) is 8. The van der Waals surface area contributed by atoms with Crippen molar-refractivity contribution >= 4 is 29.2 Å². The van der Waals surface area contributed by atoms with Crippen LogP contribution in [0.4, 0.5) is 11.5 Å². The molecule has 1 aliphatic rings. The summed E-state index contributed by atoms with van der Waals surface area (Å²) >= 11 is 1.45. The summed E-state index contributed by atoms with van der Waals surface area (Å²) in [5.41, 5.74) is 2.06. The summed E-state index contributed by atoms with van der Waals surface area (Å²) < 4.78 is 5.06. The molecule has 27 heavy (non-hydrogen) atoms. The molecule has 4 rings (SSSR count). The van der Waals surface area contributed by atoms with Gasteiger partial charge >= 0.3 is 0 Å². The third-order valence-electron chi connectivity index (χ3n) is 4.37. The predicted octanol–water partition coefficient (Wildman–Crippen LogP) is 2.65. The van der Waals surface area contributed by atoms with Crippen molar-refractivity contribution in [2.45, 2.75) is 12.1 Å². The maximum Gasteiger partial charge on any atom is 0.263 e. The van der Waals surface area contributed by atoms with E-state index in [-0.39, 0.29) is 5.91 Å². The Balaban J connectivity index is 1.73. The topological polar surface area (TPSA) is 88.2 Å². The molecule has 8 nitrogen and oxygen atoms in total. The van der Waals surface area contributed by atoms with Crippen LogP contribution in [0.1, 0.15) is 16.2 Å². The summed E-state index contributed by atoms with van der Waals surface area (Å²) in [5.74, 6) is 1.54. The first-order valence-electron chi connectivity index (χ1n) is 8.41. The number of likely N-dealkylation sites (N-methyl/N-ethyl adjacent to an activating group) is 1. The van der Waals surface area contributed by atoms with Gasteiger partial charge in [-0.05, 0) is 18.4 Å². The molecule has 2 aromatic heterocycles. The smallest absolute Gasteiger partial charge is 0.263 e. The Hall–Kier alpha value is -2.94. The fraction of sp³-hybridized carbons (Fsp3) is 0.278. The summed E-state index contributed by atoms with van der Waals surface area (Å²) in [6.45, 7) is 2.94. The Labute approximate surface area is 160 Å². The Bertz CT molecular complexity index is 1010. The SMILES string of the molecule is CSc1ncc2c(n1)N(C)CCN(c1cccc(-c3noc(C)n3)c1)C2=O. The molecule has 0 saturated carbocycles. The molecule has 0 spiro atoms. The normalized spacial score (nSPS) is 14.3. The van der Waals surface area contributed by atoms with Crippen LogP contribution in [-0.2, 0) is 0 Å². The lowest BCUT2D eigenvalue weighted by molar-refractivity contribution is 0.0989. The average molecular weight is 382 g/mol. The zero-order valence-corrected chi connectivity index (χ0v) is 16.0. The molecule has 0 N–H and O–H groups in total. The number of carbonyl (C=O) groups is 1. The quantitative estimate of drug-likeness (QED) is 0.505. The molecule has 0 radical (unpaired) electrons. The first kappa shape index (κ1) is 17.5. The molecule has 9 heteroatoms. The van der Waals surface area contributed by atoms with Gasteiger partial charge in [-0.25, -0.2) is 9.97 Å². The van der Waals surface area contributed by atoms with Gasteiger partial charge in [-0.2, -0.15) is 4.98 Å². The van der Waals surface area contributed by atoms with Crippen LogP contribution in [0.5, 0.6) is 0 Å². The lowest BCUT2D eigenvalue weighted by Crippen LogP contribution is -2.33. The lowest BCUT2D eigenvalue weighted by atomic mass is 10.1. The van der Waals surface area contributed by atoms with Crippen molar-refractivity contribution in [2.75, 3.05) is 36.2 Å². The second kappa shape index (κ2) is 6.99. The highest BCUT2D eigenvalue weighted by Crippen LogP contribution is 2.29. The number of aryl methyl sites for hydroxylation is 1. The number of fused-ring (bicyclic) bond motifs is 1. The van der Waals surface area contributed by atoms with E-state index >= 15 is 0 Å². The van der Waals surface area contributed by atoms with E-state index in [9.17, 15) is 4.79 Å². The number of anilines is 2. The van der Waals surface area contributed by atoms with Crippen LogP contribution in [0, 0.1) is 6.92 Å². The number of nitrogens with zero attached hydrogens (tertiary/aromatic N) is 6. The van der Waals surface area contributed by atoms with Gasteiger partial charge in [-0.1, -0.05) is 29.1 Å². The summed E-state index contributed by atoms with van der Waals surface area (Å²) in [5, 5.41) is 4.61. The molecule has 138 valence electrons. The molecular weight excluding hydrogens is 364 g/mol. The van der Waals surface area contributed by atoms with Crippen LogP contribution in [0.2, 0.25) is 0 Å². The number of carbonyl (C=O) groups excluding carboxylic acids is 1. The molecule has 1 aromatic carbocycles. The van der Waals surface area contributed by atoms with Gasteiger partial charge in [0.2, 0.25) is 11.7 Å². The van der Waals surface area contributed by atoms with Gasteiger partial charge < -0.3 is 14.3 Å². The second-order valence-corrected chi connectivity index (χ2v) is 6.93. The third-order valence-corrected chi connectivity index (χ3v) is 4.93. The second-order valence-electron chi connectivity index (χ2n) is 6.16. The molecule has 0 bridgehead atoms. The van der Waals surface area contributed by atoms with E-state index in [4.69, 9.17) is 4.52 Å². The number of aromatic nitrogens is 4. The van der Waals surface area contributed by atoms with E-state index < -0.39 is 0 Å². The zero-order valence-electron chi connectivity index (χ0n) is 15.2. The van der Waals surface area contributed by atoms with Crippen LogP contribution >= 0.6 is 11.8 Å². The van der Waals surface area contributed by atoms with Crippen molar-refractivity contribution in [3.63, 3.8) is 0 Å². The van der Waals surface area contributed by atoms with Crippen LogP contribution < -0.4 is 9.80 Å². The van der Waals surface area contributed by atoms with Gasteiger partial charge in [0.25, 0.3) is 5.91 Å². The van der Waals surface area contributed by atoms with Gasteiger partial charge in [-0.3, -0.25) is 4.79 Å². The van der Waals surface area contributed by atoms with Crippen molar-refractivity contribution in [1.29, 1.82) is 0 Å². The number of hydrogen-bond donors (Lipinski definition) is 0. The summed E-state index contributed by atoms with van der Waals surface area (Å²) in [4.78, 5) is 30.0. The van der Waals surface area contributed by atoms with Crippen LogP contribution in [-0.4, -0.2) is 52.4 Å². The maximum absolute atomic E-state index is 13.2. The van der Waals surface area contributed by atoms with Crippen LogP contribution in [0.15, 0.2) is 40.1 Å². The summed E-state index contributed by atoms with van der Waals surface area (Å²) in [6, 6.07) is 7.57. The largest absolute Gasteiger partial charge is 0.357 e. The summed E-state index contributed by atoms with van der Waals surface area (Å²) in [6.07, 6.45) is 3.52. The minimum atomic E-state index is -0.122. The van der Waals surface area contributed by atoms with Gasteiger partial charge in [0.1, 0.15) is 11.4 Å². The number of benzene rings is 1. The Morgan fingerprint density at radius 1 is 1.22 bits per heavy atom. The lowest BCUT2D eigenvalue weighted by Gasteiger charge is -2.21.